The molecule has 0 saturated carbocycles. The minimum Gasteiger partial charge on any atom is -0.295 e. The zero-order valence-corrected chi connectivity index (χ0v) is 12.5. The summed E-state index contributed by atoms with van der Waals surface area (Å²) in [5, 5.41) is 11.4. The van der Waals surface area contributed by atoms with Crippen LogP contribution in [0.2, 0.25) is 5.02 Å². The van der Waals surface area contributed by atoms with Gasteiger partial charge in [0.1, 0.15) is 0 Å². The normalized spacial score (nSPS) is 10.8. The van der Waals surface area contributed by atoms with Gasteiger partial charge < -0.3 is 0 Å². The fourth-order valence-corrected chi connectivity index (χ4v) is 2.24. The predicted octanol–water partition coefficient (Wildman–Crippen LogP) is 3.67. The monoisotopic (exact) mass is 305 g/mol. The number of benzene rings is 1. The Morgan fingerprint density at radius 2 is 1.95 bits per heavy atom. The van der Waals surface area contributed by atoms with Crippen molar-refractivity contribution in [3.8, 4) is 0 Å². The van der Waals surface area contributed by atoms with E-state index in [9.17, 15) is 10.1 Å². The lowest BCUT2D eigenvalue weighted by Crippen LogP contribution is -2.22. The van der Waals surface area contributed by atoms with E-state index in [2.05, 4.69) is 9.88 Å². The Morgan fingerprint density at radius 3 is 2.57 bits per heavy atom. The molecule has 0 spiro atoms. The molecule has 0 bridgehead atoms. The number of nitro benzene ring substituents is 1. The van der Waals surface area contributed by atoms with Crippen molar-refractivity contribution >= 4 is 17.3 Å². The molecular weight excluding hydrogens is 290 g/mol. The molecule has 110 valence electrons. The zero-order chi connectivity index (χ0) is 15.2. The molecule has 21 heavy (non-hydrogen) atoms. The SMILES string of the molecule is CCN(Cc1ccncc1)Cc1cc([N+](=O)[O-])ccc1Cl. The van der Waals surface area contributed by atoms with Crippen molar-refractivity contribution in [3.63, 3.8) is 0 Å². The third-order valence-electron chi connectivity index (χ3n) is 3.24. The van der Waals surface area contributed by atoms with Crippen LogP contribution in [-0.2, 0) is 13.1 Å². The van der Waals surface area contributed by atoms with Crippen LogP contribution in [0.15, 0.2) is 42.7 Å². The molecule has 0 radical (unpaired) electrons. The van der Waals surface area contributed by atoms with Crippen LogP contribution >= 0.6 is 11.6 Å². The molecule has 1 aromatic carbocycles. The quantitative estimate of drug-likeness (QED) is 0.603. The summed E-state index contributed by atoms with van der Waals surface area (Å²) in [5.41, 5.74) is 1.98. The molecular formula is C15H16ClN3O2. The number of rotatable bonds is 6. The number of pyridine rings is 1. The number of hydrogen-bond donors (Lipinski definition) is 0. The van der Waals surface area contributed by atoms with Crippen molar-refractivity contribution in [3.05, 3.63) is 69.0 Å². The standard InChI is InChI=1S/C15H16ClN3O2/c1-2-18(10-12-5-7-17-8-6-12)11-13-9-14(19(20)21)3-4-15(13)16/h3-9H,2,10-11H2,1H3. The topological polar surface area (TPSA) is 59.3 Å². The highest BCUT2D eigenvalue weighted by Crippen LogP contribution is 2.23. The number of nitrogens with zero attached hydrogens (tertiary/aromatic N) is 3. The van der Waals surface area contributed by atoms with Crippen molar-refractivity contribution < 1.29 is 4.92 Å². The second kappa shape index (κ2) is 7.15. The highest BCUT2D eigenvalue weighted by atomic mass is 35.5. The van der Waals surface area contributed by atoms with E-state index in [0.717, 1.165) is 24.2 Å². The van der Waals surface area contributed by atoms with Crippen LogP contribution in [0.1, 0.15) is 18.1 Å². The van der Waals surface area contributed by atoms with E-state index in [-0.39, 0.29) is 5.69 Å². The maximum atomic E-state index is 10.9. The highest BCUT2D eigenvalue weighted by Gasteiger charge is 2.12. The highest BCUT2D eigenvalue weighted by molar-refractivity contribution is 6.31. The van der Waals surface area contributed by atoms with Gasteiger partial charge in [0.25, 0.3) is 5.69 Å². The average Bonchev–Trinajstić information content (AvgIpc) is 2.49. The molecule has 1 heterocycles. The predicted molar refractivity (Wildman–Crippen MR) is 82.1 cm³/mol. The van der Waals surface area contributed by atoms with Crippen LogP contribution in [0.25, 0.3) is 0 Å². The van der Waals surface area contributed by atoms with Crippen molar-refractivity contribution in [2.24, 2.45) is 0 Å². The van der Waals surface area contributed by atoms with Crippen molar-refractivity contribution in [1.29, 1.82) is 0 Å². The number of halogens is 1. The maximum Gasteiger partial charge on any atom is 0.269 e. The van der Waals surface area contributed by atoms with E-state index >= 15 is 0 Å². The largest absolute Gasteiger partial charge is 0.295 e. The number of nitro groups is 1. The molecule has 2 rings (SSSR count). The fraction of sp³-hybridized carbons (Fsp3) is 0.267. The summed E-state index contributed by atoms with van der Waals surface area (Å²) in [5.74, 6) is 0. The number of non-ortho nitro benzene ring substituents is 1. The van der Waals surface area contributed by atoms with Crippen molar-refractivity contribution in [2.45, 2.75) is 20.0 Å². The van der Waals surface area contributed by atoms with Gasteiger partial charge in [0.2, 0.25) is 0 Å². The first kappa shape index (κ1) is 15.4. The van der Waals surface area contributed by atoms with E-state index in [1.807, 2.05) is 19.1 Å². The summed E-state index contributed by atoms with van der Waals surface area (Å²) < 4.78 is 0. The van der Waals surface area contributed by atoms with Crippen LogP contribution in [0, 0.1) is 10.1 Å². The molecule has 0 N–H and O–H groups in total. The molecule has 0 aliphatic carbocycles. The molecule has 0 fully saturated rings. The maximum absolute atomic E-state index is 10.9. The van der Waals surface area contributed by atoms with Crippen LogP contribution in [-0.4, -0.2) is 21.4 Å². The van der Waals surface area contributed by atoms with Crippen LogP contribution in [0.4, 0.5) is 5.69 Å². The van der Waals surface area contributed by atoms with Gasteiger partial charge in [-0.1, -0.05) is 18.5 Å². The van der Waals surface area contributed by atoms with E-state index in [4.69, 9.17) is 11.6 Å². The molecule has 0 unspecified atom stereocenters. The molecule has 0 saturated heterocycles. The van der Waals surface area contributed by atoms with Gasteiger partial charge in [-0.25, -0.2) is 0 Å². The molecule has 6 heteroatoms. The van der Waals surface area contributed by atoms with Gasteiger partial charge in [-0.05, 0) is 35.9 Å². The second-order valence-corrected chi connectivity index (χ2v) is 5.10. The molecule has 0 aliphatic heterocycles. The minimum atomic E-state index is -0.404. The van der Waals surface area contributed by atoms with Crippen LogP contribution in [0.5, 0.6) is 0 Å². The van der Waals surface area contributed by atoms with Crippen LogP contribution < -0.4 is 0 Å². The van der Waals surface area contributed by atoms with E-state index in [1.54, 1.807) is 18.5 Å². The lowest BCUT2D eigenvalue weighted by molar-refractivity contribution is -0.384. The summed E-state index contributed by atoms with van der Waals surface area (Å²) in [6.45, 7) is 4.19. The van der Waals surface area contributed by atoms with Gasteiger partial charge in [0.05, 0.1) is 4.92 Å². The lowest BCUT2D eigenvalue weighted by Gasteiger charge is -2.21. The van der Waals surface area contributed by atoms with Crippen molar-refractivity contribution in [1.82, 2.24) is 9.88 Å². The summed E-state index contributed by atoms with van der Waals surface area (Å²) >= 11 is 6.15. The summed E-state index contributed by atoms with van der Waals surface area (Å²) in [4.78, 5) is 16.6. The molecule has 1 aromatic heterocycles. The van der Waals surface area contributed by atoms with Gasteiger partial charge in [-0.2, -0.15) is 0 Å². The van der Waals surface area contributed by atoms with E-state index < -0.39 is 4.92 Å². The summed E-state index contributed by atoms with van der Waals surface area (Å²) in [6, 6.07) is 8.45. The van der Waals surface area contributed by atoms with E-state index in [0.29, 0.717) is 11.6 Å². The van der Waals surface area contributed by atoms with Gasteiger partial charge in [-0.3, -0.25) is 20.0 Å². The second-order valence-electron chi connectivity index (χ2n) is 4.69. The number of aromatic nitrogens is 1. The van der Waals surface area contributed by atoms with Gasteiger partial charge in [0.15, 0.2) is 0 Å². The Balaban J connectivity index is 2.14. The Bertz CT molecular complexity index is 620. The molecule has 0 atom stereocenters. The Morgan fingerprint density at radius 1 is 1.24 bits per heavy atom. The van der Waals surface area contributed by atoms with Gasteiger partial charge >= 0.3 is 0 Å². The zero-order valence-electron chi connectivity index (χ0n) is 11.7. The third kappa shape index (κ3) is 4.24. The first-order chi connectivity index (χ1) is 10.1. The smallest absolute Gasteiger partial charge is 0.269 e. The Hall–Kier alpha value is -1.98. The summed E-state index contributed by atoms with van der Waals surface area (Å²) in [6.07, 6.45) is 3.51. The molecule has 0 amide bonds. The van der Waals surface area contributed by atoms with Gasteiger partial charge in [-0.15, -0.1) is 0 Å². The average molecular weight is 306 g/mol. The Labute approximate surface area is 128 Å². The minimum absolute atomic E-state index is 0.0642. The molecule has 2 aromatic rings. The lowest BCUT2D eigenvalue weighted by atomic mass is 10.1. The van der Waals surface area contributed by atoms with Crippen LogP contribution in [0.3, 0.4) is 0 Å². The van der Waals surface area contributed by atoms with Gasteiger partial charge in [0, 0.05) is 42.6 Å². The molecule has 0 aliphatic rings. The first-order valence-electron chi connectivity index (χ1n) is 6.64. The Kier molecular flexibility index (Phi) is 5.25. The van der Waals surface area contributed by atoms with Crippen molar-refractivity contribution in [2.75, 3.05) is 6.54 Å². The number of hydrogen-bond acceptors (Lipinski definition) is 4. The fourth-order valence-electron chi connectivity index (χ4n) is 2.06. The van der Waals surface area contributed by atoms with E-state index in [1.165, 1.54) is 12.1 Å². The molecule has 5 nitrogen and oxygen atoms in total. The third-order valence-corrected chi connectivity index (χ3v) is 3.61. The summed E-state index contributed by atoms with van der Waals surface area (Å²) in [7, 11) is 0. The first-order valence-corrected chi connectivity index (χ1v) is 7.02.